The van der Waals surface area contributed by atoms with Crippen molar-refractivity contribution in [2.45, 2.75) is 12.5 Å². The highest BCUT2D eigenvalue weighted by Gasteiger charge is 2.13. The Morgan fingerprint density at radius 1 is 0.931 bits per heavy atom. The van der Waals surface area contributed by atoms with Crippen molar-refractivity contribution in [1.29, 1.82) is 0 Å². The predicted octanol–water partition coefficient (Wildman–Crippen LogP) is -0.0547. The van der Waals surface area contributed by atoms with Gasteiger partial charge in [0.05, 0.1) is 46.2 Å². The van der Waals surface area contributed by atoms with E-state index in [9.17, 15) is 14.3 Å². The molecule has 174 valence electrons. The van der Waals surface area contributed by atoms with Gasteiger partial charge < -0.3 is 47.7 Å². The molecule has 1 amide bonds. The zero-order valence-corrected chi connectivity index (χ0v) is 18.2. The van der Waals surface area contributed by atoms with Gasteiger partial charge in [0.2, 0.25) is 0 Å². The topological polar surface area (TPSA) is 143 Å². The number of carbonyl (C=O) groups is 1. The molecule has 0 aliphatic heterocycles. The van der Waals surface area contributed by atoms with Gasteiger partial charge in [-0.15, -0.1) is 0 Å². The summed E-state index contributed by atoms with van der Waals surface area (Å²) in [4.78, 5) is 22.6. The van der Waals surface area contributed by atoms with Crippen LogP contribution in [0.25, 0.3) is 0 Å². The van der Waals surface area contributed by atoms with Crippen molar-refractivity contribution < 1.29 is 51.7 Å². The standard InChI is InChI=1S/C16H34NO11P/c1-21-7-9-25-13-15(26-11-8-22-2)14-27-16(18)17-5-4-6-24-10-12-28-29(19,20)23-3/h15H,4-14H2,1-3H3,(H,17,18)(H,19,20)/p-1. The van der Waals surface area contributed by atoms with Crippen LogP contribution < -0.4 is 10.2 Å². The van der Waals surface area contributed by atoms with Crippen LogP contribution in [-0.2, 0) is 42.0 Å². The van der Waals surface area contributed by atoms with E-state index >= 15 is 0 Å². The molecule has 0 aromatic rings. The predicted molar refractivity (Wildman–Crippen MR) is 99.7 cm³/mol. The Labute approximate surface area is 171 Å². The van der Waals surface area contributed by atoms with E-state index in [2.05, 4.69) is 14.4 Å². The summed E-state index contributed by atoms with van der Waals surface area (Å²) in [5.74, 6) is 0. The van der Waals surface area contributed by atoms with E-state index in [0.717, 1.165) is 7.11 Å². The zero-order chi connectivity index (χ0) is 21.8. The van der Waals surface area contributed by atoms with Crippen molar-refractivity contribution in [2.24, 2.45) is 0 Å². The van der Waals surface area contributed by atoms with Crippen LogP contribution in [0.4, 0.5) is 4.79 Å². The van der Waals surface area contributed by atoms with Crippen LogP contribution in [0.2, 0.25) is 0 Å². The molecule has 0 aromatic carbocycles. The number of rotatable bonds is 20. The first-order valence-corrected chi connectivity index (χ1v) is 10.6. The normalized spacial score (nSPS) is 14.3. The minimum absolute atomic E-state index is 0.0329. The minimum Gasteiger partial charge on any atom is -0.756 e. The molecule has 0 fully saturated rings. The first-order chi connectivity index (χ1) is 13.9. The van der Waals surface area contributed by atoms with Crippen molar-refractivity contribution in [1.82, 2.24) is 5.32 Å². The number of nitrogens with one attached hydrogen (secondary N) is 1. The largest absolute Gasteiger partial charge is 0.756 e. The summed E-state index contributed by atoms with van der Waals surface area (Å²) in [6.07, 6.45) is -0.486. The van der Waals surface area contributed by atoms with Gasteiger partial charge in [-0.1, -0.05) is 0 Å². The second-order valence-electron chi connectivity index (χ2n) is 5.51. The maximum Gasteiger partial charge on any atom is 0.407 e. The van der Waals surface area contributed by atoms with Gasteiger partial charge in [0, 0.05) is 34.5 Å². The SMILES string of the molecule is COCCOCC(COC(=O)NCCCOCCOP(=O)([O-])OC)OCCOC. The van der Waals surface area contributed by atoms with Gasteiger partial charge in [-0.3, -0.25) is 4.57 Å². The van der Waals surface area contributed by atoms with Gasteiger partial charge in [0.15, 0.2) is 0 Å². The first-order valence-electron chi connectivity index (χ1n) is 9.12. The number of carbonyl (C=O) groups excluding carboxylic acids is 1. The molecule has 13 heteroatoms. The first kappa shape index (κ1) is 28.2. The lowest BCUT2D eigenvalue weighted by Crippen LogP contribution is -2.33. The molecule has 0 saturated heterocycles. The molecular formula is C16H33NO11P-. The summed E-state index contributed by atoms with van der Waals surface area (Å²) in [5.41, 5.74) is 0. The Balaban J connectivity index is 3.78. The van der Waals surface area contributed by atoms with Gasteiger partial charge >= 0.3 is 6.09 Å². The third-order valence-electron chi connectivity index (χ3n) is 3.21. The van der Waals surface area contributed by atoms with E-state index in [-0.39, 0.29) is 26.4 Å². The van der Waals surface area contributed by atoms with Crippen molar-refractivity contribution >= 4 is 13.9 Å². The van der Waals surface area contributed by atoms with Gasteiger partial charge in [-0.25, -0.2) is 4.79 Å². The van der Waals surface area contributed by atoms with Gasteiger partial charge in [0.25, 0.3) is 7.82 Å². The average Bonchev–Trinajstić information content (AvgIpc) is 2.70. The monoisotopic (exact) mass is 446 g/mol. The van der Waals surface area contributed by atoms with E-state index in [1.807, 2.05) is 0 Å². The molecule has 12 nitrogen and oxygen atoms in total. The van der Waals surface area contributed by atoms with Crippen LogP contribution in [0.5, 0.6) is 0 Å². The second-order valence-corrected chi connectivity index (χ2v) is 7.03. The average molecular weight is 446 g/mol. The third kappa shape index (κ3) is 18.9. The molecule has 0 aliphatic rings. The van der Waals surface area contributed by atoms with Crippen LogP contribution in [0.3, 0.4) is 0 Å². The molecule has 0 bridgehead atoms. The van der Waals surface area contributed by atoms with Crippen molar-refractivity contribution in [2.75, 3.05) is 87.3 Å². The van der Waals surface area contributed by atoms with Crippen molar-refractivity contribution in [3.05, 3.63) is 0 Å². The molecule has 0 heterocycles. The fourth-order valence-corrected chi connectivity index (χ4v) is 2.15. The highest BCUT2D eigenvalue weighted by molar-refractivity contribution is 7.45. The molecule has 2 unspecified atom stereocenters. The molecule has 0 rings (SSSR count). The maximum absolute atomic E-state index is 11.7. The number of alkyl carbamates (subject to hydrolysis) is 1. The lowest BCUT2D eigenvalue weighted by Gasteiger charge is -2.19. The molecule has 0 saturated carbocycles. The molecule has 0 spiro atoms. The number of hydrogen-bond acceptors (Lipinski definition) is 11. The Kier molecular flexibility index (Phi) is 18.6. The third-order valence-corrected chi connectivity index (χ3v) is 4.16. The summed E-state index contributed by atoms with van der Waals surface area (Å²) in [6.45, 7) is 2.54. The fourth-order valence-electron chi connectivity index (χ4n) is 1.75. The highest BCUT2D eigenvalue weighted by atomic mass is 31.2. The number of amides is 1. The number of ether oxygens (including phenoxy) is 6. The lowest BCUT2D eigenvalue weighted by atomic mass is 10.4. The summed E-state index contributed by atoms with van der Waals surface area (Å²) in [6, 6.07) is 0. The molecule has 0 radical (unpaired) electrons. The van der Waals surface area contributed by atoms with Crippen LogP contribution >= 0.6 is 7.82 Å². The summed E-state index contributed by atoms with van der Waals surface area (Å²) < 4.78 is 50.6. The Morgan fingerprint density at radius 2 is 1.62 bits per heavy atom. The summed E-state index contributed by atoms with van der Waals surface area (Å²) >= 11 is 0. The van der Waals surface area contributed by atoms with Gasteiger partial charge in [0.1, 0.15) is 12.7 Å². The molecule has 2 atom stereocenters. The fraction of sp³-hybridized carbons (Fsp3) is 0.938. The molecular weight excluding hydrogens is 413 g/mol. The lowest BCUT2D eigenvalue weighted by molar-refractivity contribution is -0.223. The molecule has 0 aliphatic carbocycles. The molecule has 1 N–H and O–H groups in total. The minimum atomic E-state index is -4.22. The second kappa shape index (κ2) is 19.2. The molecule has 29 heavy (non-hydrogen) atoms. The number of phosphoric ester groups is 1. The quantitative estimate of drug-likeness (QED) is 0.198. The van der Waals surface area contributed by atoms with Crippen LogP contribution in [0, 0.1) is 0 Å². The Morgan fingerprint density at radius 3 is 2.31 bits per heavy atom. The Hall–Kier alpha value is -0.820. The van der Waals surface area contributed by atoms with Crippen LogP contribution in [-0.4, -0.2) is 99.5 Å². The van der Waals surface area contributed by atoms with E-state index in [1.54, 1.807) is 14.2 Å². The summed E-state index contributed by atoms with van der Waals surface area (Å²) in [5, 5.41) is 2.58. The van der Waals surface area contributed by atoms with E-state index in [4.69, 9.17) is 28.4 Å². The van der Waals surface area contributed by atoms with E-state index in [0.29, 0.717) is 46.0 Å². The molecule has 0 aromatic heterocycles. The van der Waals surface area contributed by atoms with E-state index in [1.165, 1.54) is 0 Å². The van der Waals surface area contributed by atoms with Crippen LogP contribution in [0.15, 0.2) is 0 Å². The maximum atomic E-state index is 11.7. The number of phosphoric acid groups is 1. The van der Waals surface area contributed by atoms with Crippen molar-refractivity contribution in [3.63, 3.8) is 0 Å². The Bertz CT molecular complexity index is 441. The van der Waals surface area contributed by atoms with Gasteiger partial charge in [-0.2, -0.15) is 0 Å². The van der Waals surface area contributed by atoms with Crippen molar-refractivity contribution in [3.8, 4) is 0 Å². The smallest absolute Gasteiger partial charge is 0.407 e. The van der Waals surface area contributed by atoms with E-state index < -0.39 is 20.0 Å². The summed E-state index contributed by atoms with van der Waals surface area (Å²) in [7, 11) is -0.0611. The highest BCUT2D eigenvalue weighted by Crippen LogP contribution is 2.36. The number of methoxy groups -OCH3 is 2. The van der Waals surface area contributed by atoms with Gasteiger partial charge in [-0.05, 0) is 6.42 Å². The zero-order valence-electron chi connectivity index (χ0n) is 17.3. The number of hydrogen-bond donors (Lipinski definition) is 1. The van der Waals surface area contributed by atoms with Crippen LogP contribution in [0.1, 0.15) is 6.42 Å².